The van der Waals surface area contributed by atoms with Crippen molar-refractivity contribution in [1.82, 2.24) is 15.5 Å². The molecule has 0 atom stereocenters. The van der Waals surface area contributed by atoms with Crippen LogP contribution in [0.3, 0.4) is 0 Å². The zero-order chi connectivity index (χ0) is 18.8. The van der Waals surface area contributed by atoms with Crippen LogP contribution in [0.15, 0.2) is 33.7 Å². The lowest BCUT2D eigenvalue weighted by atomic mass is 10.1. The van der Waals surface area contributed by atoms with E-state index in [0.29, 0.717) is 32.8 Å². The number of amides is 1. The topological polar surface area (TPSA) is 75.2 Å². The number of nitrogens with zero attached hydrogens (tertiary/aromatic N) is 2. The minimum absolute atomic E-state index is 0. The highest BCUT2D eigenvalue weighted by Gasteiger charge is 2.23. The van der Waals surface area contributed by atoms with Gasteiger partial charge in [-0.1, -0.05) is 22.0 Å². The van der Waals surface area contributed by atoms with Crippen molar-refractivity contribution in [2.45, 2.75) is 25.8 Å². The number of piperidine rings is 1. The van der Waals surface area contributed by atoms with Crippen molar-refractivity contribution < 1.29 is 14.3 Å². The molecule has 152 valence electrons. The highest BCUT2D eigenvalue weighted by molar-refractivity contribution is 14.0. The Hall–Kier alpha value is -1.23. The quantitative estimate of drug-likeness (QED) is 0.244. The maximum absolute atomic E-state index is 11.7. The van der Waals surface area contributed by atoms with Gasteiger partial charge in [-0.25, -0.2) is 4.79 Å². The summed E-state index contributed by atoms with van der Waals surface area (Å²) < 4.78 is 11.7. The minimum atomic E-state index is -0.224. The fourth-order valence-corrected chi connectivity index (χ4v) is 3.08. The molecule has 1 aliphatic rings. The molecule has 2 rings (SSSR count). The maximum atomic E-state index is 11.7. The number of nitrogens with one attached hydrogen (secondary N) is 2. The normalized spacial score (nSPS) is 14.9. The average molecular weight is 555 g/mol. The standard InChI is InChI=1S/C18H27BrN4O3.HI/c1-3-25-18(24)23-10-7-15(8-11-23)22-17(20-2)21-9-12-26-16-6-4-5-14(19)13-16;/h4-6,13,15H,3,7-12H2,1-2H3,(H2,20,21,22);1H. The Morgan fingerprint density at radius 1 is 1.37 bits per heavy atom. The minimum Gasteiger partial charge on any atom is -0.492 e. The van der Waals surface area contributed by atoms with Gasteiger partial charge in [0.1, 0.15) is 12.4 Å². The summed E-state index contributed by atoms with van der Waals surface area (Å²) in [6.45, 7) is 4.81. The number of hydrogen-bond acceptors (Lipinski definition) is 4. The number of benzene rings is 1. The number of halogens is 2. The van der Waals surface area contributed by atoms with Crippen LogP contribution in [0, 0.1) is 0 Å². The lowest BCUT2D eigenvalue weighted by molar-refractivity contribution is 0.0963. The number of rotatable bonds is 6. The monoisotopic (exact) mass is 554 g/mol. The van der Waals surface area contributed by atoms with E-state index in [1.165, 1.54) is 0 Å². The first-order chi connectivity index (χ1) is 12.6. The van der Waals surface area contributed by atoms with Gasteiger partial charge < -0.3 is 25.0 Å². The van der Waals surface area contributed by atoms with Gasteiger partial charge in [0, 0.05) is 30.7 Å². The van der Waals surface area contributed by atoms with Gasteiger partial charge in [-0.2, -0.15) is 0 Å². The summed E-state index contributed by atoms with van der Waals surface area (Å²) in [7, 11) is 1.75. The predicted molar refractivity (Wildman–Crippen MR) is 121 cm³/mol. The maximum Gasteiger partial charge on any atom is 0.409 e. The van der Waals surface area contributed by atoms with Gasteiger partial charge in [0.05, 0.1) is 13.2 Å². The zero-order valence-electron chi connectivity index (χ0n) is 15.7. The van der Waals surface area contributed by atoms with Crippen LogP contribution in [0.25, 0.3) is 0 Å². The van der Waals surface area contributed by atoms with Crippen LogP contribution < -0.4 is 15.4 Å². The first kappa shape index (κ1) is 23.8. The van der Waals surface area contributed by atoms with Crippen LogP contribution in [0.5, 0.6) is 5.75 Å². The molecule has 1 heterocycles. The van der Waals surface area contributed by atoms with Crippen molar-refractivity contribution >= 4 is 52.0 Å². The summed E-state index contributed by atoms with van der Waals surface area (Å²) in [6.07, 6.45) is 1.51. The van der Waals surface area contributed by atoms with Crippen molar-refractivity contribution in [1.29, 1.82) is 0 Å². The van der Waals surface area contributed by atoms with E-state index in [9.17, 15) is 4.79 Å². The molecule has 7 nitrogen and oxygen atoms in total. The lowest BCUT2D eigenvalue weighted by Gasteiger charge is -2.32. The Morgan fingerprint density at radius 2 is 2.11 bits per heavy atom. The van der Waals surface area contributed by atoms with Crippen LogP contribution in [-0.2, 0) is 4.74 Å². The number of likely N-dealkylation sites (tertiary alicyclic amines) is 1. The molecule has 0 spiro atoms. The largest absolute Gasteiger partial charge is 0.492 e. The van der Waals surface area contributed by atoms with Crippen molar-refractivity contribution in [3.8, 4) is 5.75 Å². The van der Waals surface area contributed by atoms with E-state index in [0.717, 1.165) is 29.0 Å². The lowest BCUT2D eigenvalue weighted by Crippen LogP contribution is -2.50. The summed E-state index contributed by atoms with van der Waals surface area (Å²) >= 11 is 3.43. The summed E-state index contributed by atoms with van der Waals surface area (Å²) in [5, 5.41) is 6.65. The van der Waals surface area contributed by atoms with Gasteiger partial charge in [-0.3, -0.25) is 4.99 Å². The first-order valence-electron chi connectivity index (χ1n) is 8.89. The molecular weight excluding hydrogens is 527 g/mol. The number of carbonyl (C=O) groups is 1. The molecule has 1 saturated heterocycles. The Morgan fingerprint density at radius 3 is 2.74 bits per heavy atom. The molecule has 0 aliphatic carbocycles. The Labute approximate surface area is 186 Å². The van der Waals surface area contributed by atoms with E-state index >= 15 is 0 Å². The summed E-state index contributed by atoms with van der Waals surface area (Å²) in [4.78, 5) is 17.7. The molecule has 0 saturated carbocycles. The van der Waals surface area contributed by atoms with Crippen molar-refractivity contribution in [3.05, 3.63) is 28.7 Å². The molecular formula is C18H28BrIN4O3. The van der Waals surface area contributed by atoms with Crippen LogP contribution in [0.2, 0.25) is 0 Å². The van der Waals surface area contributed by atoms with Crippen LogP contribution in [0.4, 0.5) is 4.79 Å². The van der Waals surface area contributed by atoms with Gasteiger partial charge in [0.15, 0.2) is 5.96 Å². The summed E-state index contributed by atoms with van der Waals surface area (Å²) in [5.41, 5.74) is 0. The SMILES string of the molecule is CCOC(=O)N1CCC(NC(=NC)NCCOc2cccc(Br)c2)CC1.I. The van der Waals surface area contributed by atoms with Gasteiger partial charge in [-0.05, 0) is 38.0 Å². The Kier molecular flexibility index (Phi) is 11.5. The fraction of sp³-hybridized carbons (Fsp3) is 0.556. The van der Waals surface area contributed by atoms with E-state index in [1.807, 2.05) is 31.2 Å². The number of carbonyl (C=O) groups excluding carboxylic acids is 1. The van der Waals surface area contributed by atoms with E-state index in [2.05, 4.69) is 31.6 Å². The van der Waals surface area contributed by atoms with E-state index in [4.69, 9.17) is 9.47 Å². The van der Waals surface area contributed by atoms with Crippen LogP contribution in [0.1, 0.15) is 19.8 Å². The zero-order valence-corrected chi connectivity index (χ0v) is 19.7. The van der Waals surface area contributed by atoms with Crippen molar-refractivity contribution in [2.24, 2.45) is 4.99 Å². The molecule has 0 unspecified atom stereocenters. The molecule has 1 aromatic rings. The molecule has 27 heavy (non-hydrogen) atoms. The van der Waals surface area contributed by atoms with Gasteiger partial charge in [0.25, 0.3) is 0 Å². The molecule has 0 radical (unpaired) electrons. The summed E-state index contributed by atoms with van der Waals surface area (Å²) in [6, 6.07) is 8.05. The van der Waals surface area contributed by atoms with Gasteiger partial charge in [-0.15, -0.1) is 24.0 Å². The second-order valence-electron chi connectivity index (χ2n) is 5.91. The number of hydrogen-bond donors (Lipinski definition) is 2. The van der Waals surface area contributed by atoms with Gasteiger partial charge >= 0.3 is 6.09 Å². The Balaban J connectivity index is 0.00000364. The van der Waals surface area contributed by atoms with Gasteiger partial charge in [0.2, 0.25) is 0 Å². The number of ether oxygens (including phenoxy) is 2. The smallest absolute Gasteiger partial charge is 0.409 e. The van der Waals surface area contributed by atoms with E-state index in [1.54, 1.807) is 11.9 Å². The second kappa shape index (κ2) is 13.0. The van der Waals surface area contributed by atoms with Crippen LogP contribution in [-0.4, -0.2) is 62.9 Å². The fourth-order valence-electron chi connectivity index (χ4n) is 2.70. The van der Waals surface area contributed by atoms with E-state index in [-0.39, 0.29) is 36.1 Å². The highest BCUT2D eigenvalue weighted by Crippen LogP contribution is 2.17. The molecule has 0 bridgehead atoms. The number of guanidine groups is 1. The third-order valence-electron chi connectivity index (χ3n) is 4.04. The molecule has 1 aliphatic heterocycles. The molecule has 1 fully saturated rings. The van der Waals surface area contributed by atoms with E-state index < -0.39 is 0 Å². The third-order valence-corrected chi connectivity index (χ3v) is 4.54. The molecule has 1 amide bonds. The highest BCUT2D eigenvalue weighted by atomic mass is 127. The third kappa shape index (κ3) is 8.54. The Bertz CT molecular complexity index is 610. The average Bonchev–Trinajstić information content (AvgIpc) is 2.65. The van der Waals surface area contributed by atoms with Crippen LogP contribution >= 0.6 is 39.9 Å². The predicted octanol–water partition coefficient (Wildman–Crippen LogP) is 3.23. The molecule has 1 aromatic carbocycles. The first-order valence-corrected chi connectivity index (χ1v) is 9.69. The second-order valence-corrected chi connectivity index (χ2v) is 6.83. The van der Waals surface area contributed by atoms with Crippen molar-refractivity contribution in [3.63, 3.8) is 0 Å². The molecule has 9 heteroatoms. The number of aliphatic imine (C=N–C) groups is 1. The van der Waals surface area contributed by atoms with Crippen molar-refractivity contribution in [2.75, 3.05) is 39.9 Å². The molecule has 2 N–H and O–H groups in total. The summed E-state index contributed by atoms with van der Waals surface area (Å²) in [5.74, 6) is 1.58. The molecule has 0 aromatic heterocycles.